The van der Waals surface area contributed by atoms with Crippen molar-refractivity contribution in [2.75, 3.05) is 26.6 Å². The Morgan fingerprint density at radius 1 is 1.12 bits per heavy atom. The number of methoxy groups -OCH3 is 3. The Bertz CT molecular complexity index is 1360. The van der Waals surface area contributed by atoms with Crippen molar-refractivity contribution >= 4 is 38.9 Å². The molecule has 3 heterocycles. The lowest BCUT2D eigenvalue weighted by Gasteiger charge is -2.14. The van der Waals surface area contributed by atoms with Crippen molar-refractivity contribution in [1.29, 1.82) is 0 Å². The molecule has 0 saturated carbocycles. The van der Waals surface area contributed by atoms with Gasteiger partial charge < -0.3 is 19.5 Å². The van der Waals surface area contributed by atoms with Crippen molar-refractivity contribution < 1.29 is 19.0 Å². The van der Waals surface area contributed by atoms with Gasteiger partial charge in [0.15, 0.2) is 11.5 Å². The Morgan fingerprint density at radius 2 is 1.85 bits per heavy atom. The number of anilines is 1. The number of benzene rings is 1. The third kappa shape index (κ3) is 4.30. The second-order valence-corrected chi connectivity index (χ2v) is 8.58. The Morgan fingerprint density at radius 3 is 2.50 bits per heavy atom. The van der Waals surface area contributed by atoms with E-state index >= 15 is 0 Å². The molecule has 0 bridgehead atoms. The maximum atomic E-state index is 12.9. The highest BCUT2D eigenvalue weighted by molar-refractivity contribution is 7.17. The summed E-state index contributed by atoms with van der Waals surface area (Å²) in [5.74, 6) is 2.28. The molecule has 180 valence electrons. The molecule has 0 spiro atoms. The molecule has 0 aliphatic carbocycles. The largest absolute Gasteiger partial charge is 0.493 e. The van der Waals surface area contributed by atoms with E-state index in [0.717, 1.165) is 18.4 Å². The highest BCUT2D eigenvalue weighted by Gasteiger charge is 2.19. The zero-order valence-corrected chi connectivity index (χ0v) is 20.4. The second-order valence-electron chi connectivity index (χ2n) is 7.66. The van der Waals surface area contributed by atoms with Gasteiger partial charge in [-0.1, -0.05) is 13.3 Å². The van der Waals surface area contributed by atoms with Gasteiger partial charge in [0.2, 0.25) is 17.4 Å². The Balaban J connectivity index is 1.58. The van der Waals surface area contributed by atoms with E-state index < -0.39 is 0 Å². The number of amides is 1. The fourth-order valence-corrected chi connectivity index (χ4v) is 4.69. The normalized spacial score (nSPS) is 11.2. The van der Waals surface area contributed by atoms with Crippen LogP contribution in [-0.4, -0.2) is 46.4 Å². The van der Waals surface area contributed by atoms with Gasteiger partial charge in [0.25, 0.3) is 5.56 Å². The van der Waals surface area contributed by atoms with Crippen LogP contribution in [0.25, 0.3) is 16.0 Å². The minimum absolute atomic E-state index is 0.0509. The number of ether oxygens (including phenoxy) is 3. The van der Waals surface area contributed by atoms with E-state index in [1.807, 2.05) is 15.8 Å². The van der Waals surface area contributed by atoms with E-state index in [0.29, 0.717) is 52.2 Å². The smallest absolute Gasteiger partial charge is 0.272 e. The zero-order chi connectivity index (χ0) is 24.2. The van der Waals surface area contributed by atoms with Gasteiger partial charge in [0.05, 0.1) is 26.8 Å². The SMILES string of the molecule is CCCCn1c(=O)c2sccc2n2c(CCC(=O)Nc3cc(OC)c(OC)c(OC)c3)nnc12. The maximum Gasteiger partial charge on any atom is 0.272 e. The van der Waals surface area contributed by atoms with Gasteiger partial charge in [-0.05, 0) is 17.9 Å². The molecule has 0 aliphatic rings. The van der Waals surface area contributed by atoms with Crippen LogP contribution in [0.15, 0.2) is 28.4 Å². The summed E-state index contributed by atoms with van der Waals surface area (Å²) in [6.45, 7) is 2.65. The van der Waals surface area contributed by atoms with Crippen LogP contribution < -0.4 is 25.1 Å². The van der Waals surface area contributed by atoms with Gasteiger partial charge in [-0.15, -0.1) is 21.5 Å². The molecule has 0 unspecified atom stereocenters. The lowest BCUT2D eigenvalue weighted by atomic mass is 10.2. The number of rotatable bonds is 10. The monoisotopic (exact) mass is 485 g/mol. The number of hydrogen-bond acceptors (Lipinski definition) is 8. The molecule has 4 rings (SSSR count). The molecule has 0 fully saturated rings. The molecule has 1 N–H and O–H groups in total. The summed E-state index contributed by atoms with van der Waals surface area (Å²) in [5.41, 5.74) is 1.24. The van der Waals surface area contributed by atoms with E-state index in [2.05, 4.69) is 22.4 Å². The first-order valence-electron chi connectivity index (χ1n) is 11.0. The fraction of sp³-hybridized carbons (Fsp3) is 0.391. The van der Waals surface area contributed by atoms with E-state index in [-0.39, 0.29) is 17.9 Å². The molecule has 1 aromatic carbocycles. The lowest BCUT2D eigenvalue weighted by Crippen LogP contribution is -2.23. The lowest BCUT2D eigenvalue weighted by molar-refractivity contribution is -0.116. The molecule has 34 heavy (non-hydrogen) atoms. The van der Waals surface area contributed by atoms with Crippen LogP contribution in [0.2, 0.25) is 0 Å². The third-order valence-corrected chi connectivity index (χ3v) is 6.43. The number of hydrogen-bond donors (Lipinski definition) is 1. The number of nitrogens with one attached hydrogen (secondary N) is 1. The molecule has 0 saturated heterocycles. The maximum absolute atomic E-state index is 12.9. The molecule has 3 aromatic heterocycles. The van der Waals surface area contributed by atoms with Crippen molar-refractivity contribution in [3.63, 3.8) is 0 Å². The average Bonchev–Trinajstić information content (AvgIpc) is 3.49. The minimum atomic E-state index is -0.202. The van der Waals surface area contributed by atoms with Crippen LogP contribution in [0.5, 0.6) is 17.2 Å². The number of fused-ring (bicyclic) bond motifs is 3. The van der Waals surface area contributed by atoms with Gasteiger partial charge in [-0.3, -0.25) is 18.6 Å². The topological polar surface area (TPSA) is 109 Å². The summed E-state index contributed by atoms with van der Waals surface area (Å²) in [4.78, 5) is 25.7. The van der Waals surface area contributed by atoms with Crippen LogP contribution in [0.4, 0.5) is 5.69 Å². The van der Waals surface area contributed by atoms with Crippen molar-refractivity contribution in [3.8, 4) is 17.2 Å². The Labute approximate surface area is 200 Å². The van der Waals surface area contributed by atoms with Crippen LogP contribution >= 0.6 is 11.3 Å². The van der Waals surface area contributed by atoms with E-state index in [9.17, 15) is 9.59 Å². The van der Waals surface area contributed by atoms with Crippen LogP contribution in [0.1, 0.15) is 32.0 Å². The highest BCUT2D eigenvalue weighted by Crippen LogP contribution is 2.40. The molecule has 0 atom stereocenters. The molecular weight excluding hydrogens is 458 g/mol. The van der Waals surface area contributed by atoms with Gasteiger partial charge in [0, 0.05) is 37.2 Å². The first-order valence-corrected chi connectivity index (χ1v) is 11.8. The average molecular weight is 486 g/mol. The van der Waals surface area contributed by atoms with Gasteiger partial charge in [0.1, 0.15) is 10.5 Å². The molecule has 1 amide bonds. The molecule has 10 nitrogen and oxygen atoms in total. The number of nitrogens with zero attached hydrogens (tertiary/aromatic N) is 4. The summed E-state index contributed by atoms with van der Waals surface area (Å²) >= 11 is 1.40. The summed E-state index contributed by atoms with van der Waals surface area (Å²) in [6, 6.07) is 5.24. The van der Waals surface area contributed by atoms with Gasteiger partial charge in [-0.25, -0.2) is 0 Å². The minimum Gasteiger partial charge on any atom is -0.493 e. The second kappa shape index (κ2) is 10.1. The molecule has 11 heteroatoms. The van der Waals surface area contributed by atoms with E-state index in [1.54, 1.807) is 16.7 Å². The van der Waals surface area contributed by atoms with Crippen molar-refractivity contribution in [2.24, 2.45) is 0 Å². The molecule has 4 aromatic rings. The molecule has 0 aliphatic heterocycles. The third-order valence-electron chi connectivity index (χ3n) is 5.54. The summed E-state index contributed by atoms with van der Waals surface area (Å²) < 4.78 is 20.2. The van der Waals surface area contributed by atoms with Gasteiger partial charge in [-0.2, -0.15) is 0 Å². The fourth-order valence-electron chi connectivity index (χ4n) is 3.86. The molecular formula is C23H27N5O5S. The predicted molar refractivity (Wildman–Crippen MR) is 131 cm³/mol. The molecule has 0 radical (unpaired) electrons. The van der Waals surface area contributed by atoms with Crippen molar-refractivity contribution in [3.05, 3.63) is 39.8 Å². The summed E-state index contributed by atoms with van der Waals surface area (Å²) in [6.07, 6.45) is 2.36. The number of unbranched alkanes of at least 4 members (excludes halogenated alkanes) is 1. The standard InChI is InChI=1S/C23H27N5O5S/c1-5-6-10-27-22(30)21-15(9-11-34-21)28-18(25-26-23(27)28)7-8-19(29)24-14-12-16(31-2)20(33-4)17(13-14)32-3/h9,11-13H,5-8,10H2,1-4H3,(H,24,29). The quantitative estimate of drug-likeness (QED) is 0.366. The first kappa shape index (κ1) is 23.6. The highest BCUT2D eigenvalue weighted by atomic mass is 32.1. The van der Waals surface area contributed by atoms with Crippen molar-refractivity contribution in [2.45, 2.75) is 39.2 Å². The number of carbonyl (C=O) groups excluding carboxylic acids is 1. The number of thiophene rings is 1. The first-order chi connectivity index (χ1) is 16.5. The zero-order valence-electron chi connectivity index (χ0n) is 19.6. The summed E-state index contributed by atoms with van der Waals surface area (Å²) in [7, 11) is 4.56. The Kier molecular flexibility index (Phi) is 7.01. The van der Waals surface area contributed by atoms with Crippen LogP contribution in [0, 0.1) is 0 Å². The van der Waals surface area contributed by atoms with Crippen LogP contribution in [-0.2, 0) is 17.8 Å². The van der Waals surface area contributed by atoms with E-state index in [1.165, 1.54) is 32.7 Å². The van der Waals surface area contributed by atoms with Crippen molar-refractivity contribution in [1.82, 2.24) is 19.2 Å². The number of aromatic nitrogens is 4. The number of aryl methyl sites for hydroxylation is 2. The van der Waals surface area contributed by atoms with Crippen LogP contribution in [0.3, 0.4) is 0 Å². The predicted octanol–water partition coefficient (Wildman–Crippen LogP) is 3.50. The van der Waals surface area contributed by atoms with Gasteiger partial charge >= 0.3 is 0 Å². The Hall–Kier alpha value is -3.60. The summed E-state index contributed by atoms with van der Waals surface area (Å²) in [5, 5.41) is 13.4. The van der Waals surface area contributed by atoms with E-state index in [4.69, 9.17) is 14.2 Å². The number of carbonyl (C=O) groups is 1.